The van der Waals surface area contributed by atoms with E-state index in [0.29, 0.717) is 45.9 Å². The van der Waals surface area contributed by atoms with Crippen LogP contribution in [-0.4, -0.2) is 69.5 Å². The zero-order valence-electron chi connectivity index (χ0n) is 29.4. The molecule has 6 aromatic rings. The molecule has 2 N–H and O–H groups in total. The van der Waals surface area contributed by atoms with Crippen LogP contribution in [0, 0.1) is 5.82 Å². The van der Waals surface area contributed by atoms with Crippen molar-refractivity contribution in [3.8, 4) is 28.4 Å². The first kappa shape index (κ1) is 34.6. The predicted octanol–water partition coefficient (Wildman–Crippen LogP) is 8.71. The molecule has 3 aromatic carbocycles. The lowest BCUT2D eigenvalue weighted by Gasteiger charge is -2.41. The van der Waals surface area contributed by atoms with E-state index in [2.05, 4.69) is 37.6 Å². The first-order valence-electron chi connectivity index (χ1n) is 18.0. The lowest BCUT2D eigenvalue weighted by molar-refractivity contribution is 0.102. The number of hydrogen-bond acceptors (Lipinski definition) is 8. The van der Waals surface area contributed by atoms with E-state index in [-0.39, 0.29) is 10.7 Å². The summed E-state index contributed by atoms with van der Waals surface area (Å²) in [5.41, 5.74) is 5.65. The molecule has 3 aromatic heterocycles. The Balaban J connectivity index is 1.04. The van der Waals surface area contributed by atoms with Crippen LogP contribution in [0.5, 0.6) is 5.75 Å². The van der Waals surface area contributed by atoms with Gasteiger partial charge in [0.15, 0.2) is 0 Å². The Bertz CT molecular complexity index is 2270. The Kier molecular flexibility index (Phi) is 9.92. The third kappa shape index (κ3) is 7.40. The summed E-state index contributed by atoms with van der Waals surface area (Å²) < 4.78 is 22.3. The molecule has 2 saturated heterocycles. The third-order valence-electron chi connectivity index (χ3n) is 10.2. The summed E-state index contributed by atoms with van der Waals surface area (Å²) in [4.78, 5) is 32.8. The van der Waals surface area contributed by atoms with Crippen LogP contribution in [0.3, 0.4) is 0 Å². The van der Waals surface area contributed by atoms with Gasteiger partial charge in [0, 0.05) is 59.4 Å². The van der Waals surface area contributed by atoms with Gasteiger partial charge in [-0.2, -0.15) is 0 Å². The molecule has 12 heteroatoms. The number of rotatable bonds is 9. The van der Waals surface area contributed by atoms with Crippen LogP contribution >= 0.6 is 11.6 Å². The second kappa shape index (κ2) is 15.2. The van der Waals surface area contributed by atoms with E-state index in [4.69, 9.17) is 26.3 Å². The maximum Gasteiger partial charge on any atom is 0.255 e. The molecule has 0 radical (unpaired) electrons. The minimum absolute atomic E-state index is 0.0402. The van der Waals surface area contributed by atoms with Crippen molar-refractivity contribution in [3.63, 3.8) is 0 Å². The van der Waals surface area contributed by atoms with Crippen LogP contribution in [0.15, 0.2) is 97.3 Å². The smallest absolute Gasteiger partial charge is 0.255 e. The van der Waals surface area contributed by atoms with Gasteiger partial charge in [0.25, 0.3) is 5.91 Å². The molecule has 270 valence electrons. The lowest BCUT2D eigenvalue weighted by atomic mass is 9.99. The number of imidazole rings is 1. The first-order chi connectivity index (χ1) is 25.9. The third-order valence-corrected chi connectivity index (χ3v) is 10.4. The monoisotopic (exact) mass is 730 g/mol. The van der Waals surface area contributed by atoms with E-state index in [1.807, 2.05) is 47.0 Å². The largest absolute Gasteiger partial charge is 0.494 e. The maximum absolute atomic E-state index is 14.5. The van der Waals surface area contributed by atoms with Crippen LogP contribution in [0.4, 0.5) is 27.4 Å². The number of carbonyl (C=O) groups is 1. The van der Waals surface area contributed by atoms with Gasteiger partial charge in [0.1, 0.15) is 17.2 Å². The Morgan fingerprint density at radius 2 is 1.72 bits per heavy atom. The van der Waals surface area contributed by atoms with Gasteiger partial charge in [-0.25, -0.2) is 19.3 Å². The van der Waals surface area contributed by atoms with Crippen LogP contribution < -0.4 is 20.3 Å². The number of nitrogens with zero attached hydrogens (tertiary/aromatic N) is 6. The topological polar surface area (TPSA) is 99.9 Å². The number of likely N-dealkylation sites (tertiary alicyclic amines) is 1. The standard InChI is InChI=1S/C41H40ClFN8O2/c1-53-36-26-31(50-22-16-30(17-23-50)49-19-4-2-5-20-49)12-14-34(36)46-41-44-18-15-35(47-41)39-38(48-37-10-3-6-21-51(37)39)27-8-7-9-28(24-27)40(52)45-33-13-11-29(42)25-32(33)43/h3,6-15,18,21,24-26,30H,2,4-5,16-17,19-20,22-23H2,1H3,(H,45,52)(H,44,46,47). The number of benzene rings is 3. The van der Waals surface area contributed by atoms with Crippen molar-refractivity contribution >= 4 is 46.2 Å². The summed E-state index contributed by atoms with van der Waals surface area (Å²) in [5, 5.41) is 6.26. The molecular weight excluding hydrogens is 691 g/mol. The van der Waals surface area contributed by atoms with E-state index >= 15 is 0 Å². The van der Waals surface area contributed by atoms with Crippen LogP contribution in [0.25, 0.3) is 28.3 Å². The van der Waals surface area contributed by atoms with Crippen molar-refractivity contribution in [1.29, 1.82) is 0 Å². The minimum atomic E-state index is -0.616. The van der Waals surface area contributed by atoms with Crippen molar-refractivity contribution < 1.29 is 13.9 Å². The van der Waals surface area contributed by atoms with E-state index in [1.54, 1.807) is 31.5 Å². The van der Waals surface area contributed by atoms with Crippen molar-refractivity contribution in [1.82, 2.24) is 24.3 Å². The number of amides is 1. The highest BCUT2D eigenvalue weighted by Gasteiger charge is 2.26. The molecule has 0 unspecified atom stereocenters. The molecule has 8 rings (SSSR count). The molecule has 2 aliphatic heterocycles. The number of piperidine rings is 2. The molecule has 0 aliphatic carbocycles. The number of ether oxygens (including phenoxy) is 1. The number of anilines is 4. The fourth-order valence-corrected chi connectivity index (χ4v) is 7.62. The minimum Gasteiger partial charge on any atom is -0.494 e. The van der Waals surface area contributed by atoms with Gasteiger partial charge in [-0.3, -0.25) is 9.20 Å². The highest BCUT2D eigenvalue weighted by Crippen LogP contribution is 2.36. The Hall–Kier alpha value is -5.52. The van der Waals surface area contributed by atoms with Crippen LogP contribution in [0.2, 0.25) is 5.02 Å². The van der Waals surface area contributed by atoms with E-state index < -0.39 is 11.7 Å². The van der Waals surface area contributed by atoms with E-state index in [9.17, 15) is 9.18 Å². The normalized spacial score (nSPS) is 15.4. The van der Waals surface area contributed by atoms with Crippen LogP contribution in [-0.2, 0) is 0 Å². The molecule has 0 saturated carbocycles. The molecule has 0 spiro atoms. The van der Waals surface area contributed by atoms with E-state index in [0.717, 1.165) is 36.2 Å². The highest BCUT2D eigenvalue weighted by molar-refractivity contribution is 6.30. The number of pyridine rings is 1. The van der Waals surface area contributed by atoms with Crippen LogP contribution in [0.1, 0.15) is 42.5 Å². The summed E-state index contributed by atoms with van der Waals surface area (Å²) in [6.07, 6.45) is 9.98. The Labute approximate surface area is 312 Å². The van der Waals surface area contributed by atoms with Crippen molar-refractivity contribution in [2.45, 2.75) is 38.1 Å². The lowest BCUT2D eigenvalue weighted by Crippen LogP contribution is -2.46. The number of carbonyl (C=O) groups excluding carboxylic acids is 1. The molecular formula is C41H40ClFN8O2. The number of fused-ring (bicyclic) bond motifs is 1. The first-order valence-corrected chi connectivity index (χ1v) is 18.4. The maximum atomic E-state index is 14.5. The Morgan fingerprint density at radius 1 is 0.887 bits per heavy atom. The summed E-state index contributed by atoms with van der Waals surface area (Å²) in [6, 6.07) is 25.7. The van der Waals surface area contributed by atoms with Gasteiger partial charge in [0.05, 0.1) is 35.6 Å². The van der Waals surface area contributed by atoms with Gasteiger partial charge >= 0.3 is 0 Å². The molecule has 0 atom stereocenters. The molecule has 2 fully saturated rings. The zero-order valence-corrected chi connectivity index (χ0v) is 30.2. The quantitative estimate of drug-likeness (QED) is 0.152. The SMILES string of the molecule is COc1cc(N2CCC(N3CCCCC3)CC2)ccc1Nc1nccc(-c2c(-c3cccc(C(=O)Nc4ccc(Cl)cc4F)c3)nc3ccccn23)n1. The summed E-state index contributed by atoms with van der Waals surface area (Å²) in [7, 11) is 1.68. The number of aromatic nitrogens is 4. The van der Waals surface area contributed by atoms with E-state index in [1.165, 1.54) is 57.3 Å². The van der Waals surface area contributed by atoms with Crippen molar-refractivity contribution in [2.24, 2.45) is 0 Å². The molecule has 0 bridgehead atoms. The second-order valence-electron chi connectivity index (χ2n) is 13.5. The fourth-order valence-electron chi connectivity index (χ4n) is 7.46. The van der Waals surface area contributed by atoms with Crippen molar-refractivity contribution in [2.75, 3.05) is 48.8 Å². The highest BCUT2D eigenvalue weighted by atomic mass is 35.5. The average Bonchev–Trinajstić information content (AvgIpc) is 3.60. The molecule has 2 aliphatic rings. The zero-order chi connectivity index (χ0) is 36.3. The number of nitrogens with one attached hydrogen (secondary N) is 2. The number of hydrogen-bond donors (Lipinski definition) is 2. The van der Waals surface area contributed by atoms with Gasteiger partial charge in [-0.1, -0.05) is 36.2 Å². The van der Waals surface area contributed by atoms with Gasteiger partial charge in [-0.15, -0.1) is 0 Å². The molecule has 53 heavy (non-hydrogen) atoms. The second-order valence-corrected chi connectivity index (χ2v) is 13.9. The summed E-state index contributed by atoms with van der Waals surface area (Å²) in [5.74, 6) is 0.0213. The Morgan fingerprint density at radius 3 is 2.53 bits per heavy atom. The van der Waals surface area contributed by atoms with Gasteiger partial charge in [-0.05, 0) is 99.4 Å². The summed E-state index contributed by atoms with van der Waals surface area (Å²) in [6.45, 7) is 4.53. The molecule has 10 nitrogen and oxygen atoms in total. The summed E-state index contributed by atoms with van der Waals surface area (Å²) >= 11 is 5.89. The van der Waals surface area contributed by atoms with Gasteiger partial charge in [0.2, 0.25) is 5.95 Å². The number of methoxy groups -OCH3 is 1. The average molecular weight is 731 g/mol. The molecule has 5 heterocycles. The predicted molar refractivity (Wildman–Crippen MR) is 208 cm³/mol. The van der Waals surface area contributed by atoms with Crippen molar-refractivity contribution in [3.05, 3.63) is 114 Å². The fraction of sp³-hybridized carbons (Fsp3) is 0.268. The van der Waals surface area contributed by atoms with Gasteiger partial charge < -0.3 is 25.2 Å². The molecule has 1 amide bonds. The number of halogens is 2.